The Balaban J connectivity index is 3.13. The van der Waals surface area contributed by atoms with Crippen molar-refractivity contribution in [2.24, 2.45) is 5.92 Å². The van der Waals surface area contributed by atoms with Crippen LogP contribution in [0.2, 0.25) is 10.0 Å². The predicted molar refractivity (Wildman–Crippen MR) is 68.6 cm³/mol. The average Bonchev–Trinajstić information content (AvgIpc) is 2.29. The van der Waals surface area contributed by atoms with Crippen molar-refractivity contribution in [2.75, 3.05) is 14.1 Å². The van der Waals surface area contributed by atoms with Crippen LogP contribution in [0.4, 0.5) is 0 Å². The van der Waals surface area contributed by atoms with E-state index in [0.717, 1.165) is 0 Å². The van der Waals surface area contributed by atoms with Gasteiger partial charge in [-0.25, -0.2) is 0 Å². The van der Waals surface area contributed by atoms with Gasteiger partial charge in [0.1, 0.15) is 0 Å². The summed E-state index contributed by atoms with van der Waals surface area (Å²) in [5.74, 6) is -2.59. The van der Waals surface area contributed by atoms with Gasteiger partial charge in [0.2, 0.25) is 5.91 Å². The fourth-order valence-electron chi connectivity index (χ4n) is 1.33. The minimum absolute atomic E-state index is 0.114. The van der Waals surface area contributed by atoms with Gasteiger partial charge in [0.05, 0.1) is 11.1 Å². The van der Waals surface area contributed by atoms with Crippen molar-refractivity contribution >= 4 is 34.9 Å². The monoisotopic (exact) mass is 284 g/mol. The first-order valence-corrected chi connectivity index (χ1v) is 5.74. The van der Waals surface area contributed by atoms with Crippen LogP contribution in [0.1, 0.15) is 10.4 Å². The van der Waals surface area contributed by atoms with Crippen molar-refractivity contribution in [3.63, 3.8) is 0 Å². The van der Waals surface area contributed by atoms with Crippen LogP contribution < -0.4 is 0 Å². The Bertz CT molecular complexity index is 535. The molecule has 0 heterocycles. The summed E-state index contributed by atoms with van der Waals surface area (Å²) in [4.78, 5) is 24.9. The van der Waals surface area contributed by atoms with E-state index in [9.17, 15) is 9.59 Å². The van der Waals surface area contributed by atoms with Crippen molar-refractivity contribution in [3.8, 4) is 6.07 Å². The SMILES string of the molecule is CN(C)C(=O)C(C#N)C(=O)c1ccc(Cl)cc1Cl. The number of amides is 1. The molecule has 0 saturated heterocycles. The highest BCUT2D eigenvalue weighted by Crippen LogP contribution is 2.23. The first kappa shape index (κ1) is 14.5. The fourth-order valence-corrected chi connectivity index (χ4v) is 1.83. The Morgan fingerprint density at radius 3 is 2.39 bits per heavy atom. The Kier molecular flexibility index (Phi) is 4.71. The summed E-state index contributed by atoms with van der Waals surface area (Å²) in [6, 6.07) is 5.97. The molecule has 1 aromatic rings. The fraction of sp³-hybridized carbons (Fsp3) is 0.250. The molecule has 94 valence electrons. The van der Waals surface area contributed by atoms with E-state index >= 15 is 0 Å². The third-order valence-electron chi connectivity index (χ3n) is 2.28. The Morgan fingerprint density at radius 1 is 1.33 bits per heavy atom. The quantitative estimate of drug-likeness (QED) is 0.633. The summed E-state index contributed by atoms with van der Waals surface area (Å²) >= 11 is 11.6. The highest BCUT2D eigenvalue weighted by Gasteiger charge is 2.30. The summed E-state index contributed by atoms with van der Waals surface area (Å²) < 4.78 is 0. The van der Waals surface area contributed by atoms with Crippen molar-refractivity contribution in [1.82, 2.24) is 4.90 Å². The molecule has 0 aliphatic rings. The van der Waals surface area contributed by atoms with Crippen LogP contribution in [0, 0.1) is 17.2 Å². The second-order valence-corrected chi connectivity index (χ2v) is 4.63. The van der Waals surface area contributed by atoms with E-state index in [1.807, 2.05) is 0 Å². The number of carbonyl (C=O) groups is 2. The molecular formula is C12H10Cl2N2O2. The van der Waals surface area contributed by atoms with Gasteiger partial charge in [-0.1, -0.05) is 23.2 Å². The molecule has 1 rings (SSSR count). The predicted octanol–water partition coefficient (Wildman–Crippen LogP) is 2.40. The molecule has 0 fully saturated rings. The molecule has 0 saturated carbocycles. The summed E-state index contributed by atoms with van der Waals surface area (Å²) in [6.07, 6.45) is 0. The van der Waals surface area contributed by atoms with Crippen molar-refractivity contribution in [3.05, 3.63) is 33.8 Å². The summed E-state index contributed by atoms with van der Waals surface area (Å²) in [6.45, 7) is 0. The summed E-state index contributed by atoms with van der Waals surface area (Å²) in [7, 11) is 2.95. The number of nitrogens with zero attached hydrogens (tertiary/aromatic N) is 2. The smallest absolute Gasteiger partial charge is 0.247 e. The molecular weight excluding hydrogens is 275 g/mol. The van der Waals surface area contributed by atoms with Crippen LogP contribution in [0.5, 0.6) is 0 Å². The number of carbonyl (C=O) groups excluding carboxylic acids is 2. The lowest BCUT2D eigenvalue weighted by atomic mass is 9.97. The molecule has 1 atom stereocenters. The zero-order valence-electron chi connectivity index (χ0n) is 9.78. The number of hydrogen-bond acceptors (Lipinski definition) is 3. The standard InChI is InChI=1S/C12H10Cl2N2O2/c1-16(2)12(18)9(6-15)11(17)8-4-3-7(13)5-10(8)14/h3-5,9H,1-2H3. The lowest BCUT2D eigenvalue weighted by Gasteiger charge is -2.14. The first-order valence-electron chi connectivity index (χ1n) is 4.98. The van der Waals surface area contributed by atoms with Gasteiger partial charge >= 0.3 is 0 Å². The summed E-state index contributed by atoms with van der Waals surface area (Å²) in [5, 5.41) is 9.44. The van der Waals surface area contributed by atoms with Gasteiger partial charge in [0.15, 0.2) is 11.7 Å². The van der Waals surface area contributed by atoms with Crippen molar-refractivity contribution < 1.29 is 9.59 Å². The summed E-state index contributed by atoms with van der Waals surface area (Å²) in [5.41, 5.74) is 0.114. The van der Waals surface area contributed by atoms with E-state index in [0.29, 0.717) is 5.02 Å². The minimum Gasteiger partial charge on any atom is -0.347 e. The van der Waals surface area contributed by atoms with Gasteiger partial charge in [0, 0.05) is 24.7 Å². The average molecular weight is 285 g/mol. The van der Waals surface area contributed by atoms with Gasteiger partial charge < -0.3 is 4.90 Å². The second-order valence-electron chi connectivity index (χ2n) is 3.78. The molecule has 0 radical (unpaired) electrons. The van der Waals surface area contributed by atoms with Gasteiger partial charge in [-0.2, -0.15) is 5.26 Å². The molecule has 0 aliphatic carbocycles. The number of nitriles is 1. The van der Waals surface area contributed by atoms with Gasteiger partial charge in [-0.15, -0.1) is 0 Å². The highest BCUT2D eigenvalue weighted by atomic mass is 35.5. The molecule has 4 nitrogen and oxygen atoms in total. The largest absolute Gasteiger partial charge is 0.347 e. The number of ketones is 1. The molecule has 0 aromatic heterocycles. The van der Waals surface area contributed by atoms with E-state index in [1.165, 1.54) is 37.2 Å². The van der Waals surface area contributed by atoms with E-state index in [2.05, 4.69) is 0 Å². The van der Waals surface area contributed by atoms with Crippen molar-refractivity contribution in [2.45, 2.75) is 0 Å². The zero-order valence-corrected chi connectivity index (χ0v) is 11.3. The number of rotatable bonds is 3. The van der Waals surface area contributed by atoms with E-state index in [-0.39, 0.29) is 10.6 Å². The molecule has 0 spiro atoms. The minimum atomic E-state index is -1.39. The molecule has 1 unspecified atom stereocenters. The van der Waals surface area contributed by atoms with Gasteiger partial charge in [-0.3, -0.25) is 9.59 Å². The van der Waals surface area contributed by atoms with E-state index in [4.69, 9.17) is 28.5 Å². The van der Waals surface area contributed by atoms with Crippen LogP contribution in [0.15, 0.2) is 18.2 Å². The normalized spacial score (nSPS) is 11.5. The molecule has 0 bridgehead atoms. The maximum atomic E-state index is 12.1. The zero-order chi connectivity index (χ0) is 13.9. The van der Waals surface area contributed by atoms with Crippen LogP contribution in [0.3, 0.4) is 0 Å². The van der Waals surface area contributed by atoms with Gasteiger partial charge in [0.25, 0.3) is 0 Å². The van der Waals surface area contributed by atoms with Crippen LogP contribution >= 0.6 is 23.2 Å². The maximum Gasteiger partial charge on any atom is 0.247 e. The van der Waals surface area contributed by atoms with Gasteiger partial charge in [-0.05, 0) is 18.2 Å². The van der Waals surface area contributed by atoms with Crippen LogP contribution in [-0.4, -0.2) is 30.7 Å². The van der Waals surface area contributed by atoms with Crippen LogP contribution in [0.25, 0.3) is 0 Å². The highest BCUT2D eigenvalue weighted by molar-refractivity contribution is 6.37. The molecule has 6 heteroatoms. The Labute approximate surface area is 115 Å². The Hall–Kier alpha value is -1.57. The lowest BCUT2D eigenvalue weighted by Crippen LogP contribution is -2.33. The molecule has 0 aliphatic heterocycles. The molecule has 1 amide bonds. The number of benzene rings is 1. The topological polar surface area (TPSA) is 61.2 Å². The number of hydrogen-bond donors (Lipinski definition) is 0. The third kappa shape index (κ3) is 3.00. The molecule has 0 N–H and O–H groups in total. The van der Waals surface area contributed by atoms with Crippen LogP contribution in [-0.2, 0) is 4.79 Å². The Morgan fingerprint density at radius 2 is 1.94 bits per heavy atom. The lowest BCUT2D eigenvalue weighted by molar-refractivity contribution is -0.129. The first-order chi connectivity index (χ1) is 8.38. The third-order valence-corrected chi connectivity index (χ3v) is 2.82. The van der Waals surface area contributed by atoms with E-state index < -0.39 is 17.6 Å². The second kappa shape index (κ2) is 5.85. The maximum absolute atomic E-state index is 12.1. The molecule has 1 aromatic carbocycles. The number of halogens is 2. The van der Waals surface area contributed by atoms with E-state index in [1.54, 1.807) is 6.07 Å². The molecule has 18 heavy (non-hydrogen) atoms. The van der Waals surface area contributed by atoms with Crippen molar-refractivity contribution in [1.29, 1.82) is 5.26 Å². The number of Topliss-reactive ketones (excluding diaryl/α,β-unsaturated/α-hetero) is 1.